The van der Waals surface area contributed by atoms with Crippen LogP contribution in [0.5, 0.6) is 0 Å². The average molecular weight is 204 g/mol. The van der Waals surface area contributed by atoms with Gasteiger partial charge in [0.05, 0.1) is 11.6 Å². The molecule has 0 radical (unpaired) electrons. The topological polar surface area (TPSA) is 22.1 Å². The Morgan fingerprint density at radius 1 is 1.75 bits per heavy atom. The van der Waals surface area contributed by atoms with Crippen molar-refractivity contribution in [3.05, 3.63) is 16.1 Å². The van der Waals surface area contributed by atoms with Gasteiger partial charge in [0.1, 0.15) is 11.1 Å². The van der Waals surface area contributed by atoms with Crippen LogP contribution in [0.15, 0.2) is 5.38 Å². The van der Waals surface area contributed by atoms with Gasteiger partial charge in [-0.3, -0.25) is 0 Å². The van der Waals surface area contributed by atoms with Gasteiger partial charge in [-0.1, -0.05) is 0 Å². The molecule has 2 heterocycles. The highest BCUT2D eigenvalue weighted by Gasteiger charge is 2.20. The Balaban J connectivity index is 2.11. The summed E-state index contributed by atoms with van der Waals surface area (Å²) in [5.74, 6) is 0.503. The monoisotopic (exact) mass is 203 g/mol. The molecule has 2 rings (SSSR count). The fourth-order valence-electron chi connectivity index (χ4n) is 1.30. The predicted molar refractivity (Wildman–Crippen MR) is 49.6 cm³/mol. The largest absolute Gasteiger partial charge is 0.371 e. The maximum atomic E-state index is 5.65. The second kappa shape index (κ2) is 3.73. The lowest BCUT2D eigenvalue weighted by atomic mass is 10.2. The van der Waals surface area contributed by atoms with Crippen molar-refractivity contribution in [3.63, 3.8) is 0 Å². The second-order valence-electron chi connectivity index (χ2n) is 2.81. The summed E-state index contributed by atoms with van der Waals surface area (Å²) < 4.78 is 5.50. The van der Waals surface area contributed by atoms with Crippen LogP contribution in [-0.2, 0) is 10.6 Å². The number of alkyl halides is 1. The first-order valence-electron chi connectivity index (χ1n) is 4.02. The molecule has 12 heavy (non-hydrogen) atoms. The standard InChI is InChI=1S/C8H10ClNOS/c9-4-6-5-12-8(10-6)7-2-1-3-11-7/h5,7H,1-4H2/t7-/m1/s1. The number of ether oxygens (including phenoxy) is 1. The van der Waals surface area contributed by atoms with Crippen molar-refractivity contribution in [3.8, 4) is 0 Å². The molecule has 0 aromatic carbocycles. The third kappa shape index (κ3) is 1.63. The lowest BCUT2D eigenvalue weighted by Crippen LogP contribution is -1.94. The lowest BCUT2D eigenvalue weighted by molar-refractivity contribution is 0.111. The van der Waals surface area contributed by atoms with Crippen LogP contribution in [0.1, 0.15) is 29.6 Å². The molecule has 1 aliphatic heterocycles. The van der Waals surface area contributed by atoms with Crippen molar-refractivity contribution >= 4 is 22.9 Å². The van der Waals surface area contributed by atoms with Gasteiger partial charge >= 0.3 is 0 Å². The van der Waals surface area contributed by atoms with Gasteiger partial charge in [-0.25, -0.2) is 4.98 Å². The zero-order valence-corrected chi connectivity index (χ0v) is 8.20. The highest BCUT2D eigenvalue weighted by molar-refractivity contribution is 7.09. The molecule has 1 aromatic heterocycles. The fraction of sp³-hybridized carbons (Fsp3) is 0.625. The van der Waals surface area contributed by atoms with Gasteiger partial charge in [0.2, 0.25) is 0 Å². The normalized spacial score (nSPS) is 23.2. The van der Waals surface area contributed by atoms with E-state index in [9.17, 15) is 0 Å². The van der Waals surface area contributed by atoms with Gasteiger partial charge in [0, 0.05) is 12.0 Å². The quantitative estimate of drug-likeness (QED) is 0.690. The zero-order chi connectivity index (χ0) is 8.39. The number of nitrogens with zero attached hydrogens (tertiary/aromatic N) is 1. The molecule has 66 valence electrons. The van der Waals surface area contributed by atoms with Gasteiger partial charge in [0.15, 0.2) is 0 Å². The van der Waals surface area contributed by atoms with Crippen LogP contribution in [-0.4, -0.2) is 11.6 Å². The number of aromatic nitrogens is 1. The van der Waals surface area contributed by atoms with Crippen molar-refractivity contribution in [2.75, 3.05) is 6.61 Å². The lowest BCUT2D eigenvalue weighted by Gasteiger charge is -2.02. The van der Waals surface area contributed by atoms with E-state index in [1.54, 1.807) is 11.3 Å². The molecule has 1 fully saturated rings. The van der Waals surface area contributed by atoms with E-state index in [0.717, 1.165) is 30.2 Å². The number of thiazole rings is 1. The minimum atomic E-state index is 0.243. The van der Waals surface area contributed by atoms with E-state index in [-0.39, 0.29) is 6.10 Å². The smallest absolute Gasteiger partial charge is 0.122 e. The molecule has 1 atom stereocenters. The van der Waals surface area contributed by atoms with Gasteiger partial charge in [0.25, 0.3) is 0 Å². The van der Waals surface area contributed by atoms with E-state index in [0.29, 0.717) is 5.88 Å². The minimum absolute atomic E-state index is 0.243. The summed E-state index contributed by atoms with van der Waals surface area (Å²) in [5.41, 5.74) is 0.965. The first-order chi connectivity index (χ1) is 5.90. The molecule has 0 spiro atoms. The van der Waals surface area contributed by atoms with Crippen LogP contribution in [0.4, 0.5) is 0 Å². The van der Waals surface area contributed by atoms with Crippen molar-refractivity contribution in [2.45, 2.75) is 24.8 Å². The van der Waals surface area contributed by atoms with E-state index in [4.69, 9.17) is 16.3 Å². The Morgan fingerprint density at radius 3 is 3.25 bits per heavy atom. The van der Waals surface area contributed by atoms with Gasteiger partial charge in [-0.05, 0) is 12.8 Å². The highest BCUT2D eigenvalue weighted by atomic mass is 35.5. The second-order valence-corrected chi connectivity index (χ2v) is 3.97. The van der Waals surface area contributed by atoms with Crippen LogP contribution in [0.3, 0.4) is 0 Å². The van der Waals surface area contributed by atoms with Crippen molar-refractivity contribution < 1.29 is 4.74 Å². The first-order valence-corrected chi connectivity index (χ1v) is 5.43. The number of halogens is 1. The molecule has 2 nitrogen and oxygen atoms in total. The number of hydrogen-bond acceptors (Lipinski definition) is 3. The van der Waals surface area contributed by atoms with Crippen LogP contribution < -0.4 is 0 Å². The summed E-state index contributed by atoms with van der Waals surface area (Å²) in [6.07, 6.45) is 2.50. The van der Waals surface area contributed by atoms with E-state index in [1.165, 1.54) is 0 Å². The Bertz CT molecular complexity index is 257. The highest BCUT2D eigenvalue weighted by Crippen LogP contribution is 2.30. The van der Waals surface area contributed by atoms with E-state index in [2.05, 4.69) is 4.98 Å². The first kappa shape index (κ1) is 8.48. The van der Waals surface area contributed by atoms with E-state index < -0.39 is 0 Å². The number of rotatable bonds is 2. The fourth-order valence-corrected chi connectivity index (χ4v) is 2.43. The molecule has 0 saturated carbocycles. The van der Waals surface area contributed by atoms with Crippen LogP contribution >= 0.6 is 22.9 Å². The summed E-state index contributed by atoms with van der Waals surface area (Å²) in [4.78, 5) is 4.37. The molecule has 0 amide bonds. The zero-order valence-electron chi connectivity index (χ0n) is 6.62. The number of hydrogen-bond donors (Lipinski definition) is 0. The maximum Gasteiger partial charge on any atom is 0.122 e. The van der Waals surface area contributed by atoms with Gasteiger partial charge in [-0.2, -0.15) is 0 Å². The van der Waals surface area contributed by atoms with Gasteiger partial charge in [-0.15, -0.1) is 22.9 Å². The Morgan fingerprint density at radius 2 is 2.67 bits per heavy atom. The minimum Gasteiger partial charge on any atom is -0.371 e. The van der Waals surface area contributed by atoms with Crippen LogP contribution in [0, 0.1) is 0 Å². The molecule has 1 aliphatic rings. The predicted octanol–water partition coefficient (Wildman–Crippen LogP) is 2.73. The molecular formula is C8H10ClNOS. The van der Waals surface area contributed by atoms with Crippen LogP contribution in [0.25, 0.3) is 0 Å². The Kier molecular flexibility index (Phi) is 2.63. The average Bonchev–Trinajstić information content (AvgIpc) is 2.75. The third-order valence-electron chi connectivity index (χ3n) is 1.91. The van der Waals surface area contributed by atoms with Crippen molar-refractivity contribution in [2.24, 2.45) is 0 Å². The van der Waals surface area contributed by atoms with Gasteiger partial charge < -0.3 is 4.74 Å². The van der Waals surface area contributed by atoms with E-state index in [1.807, 2.05) is 5.38 Å². The van der Waals surface area contributed by atoms with Crippen molar-refractivity contribution in [1.82, 2.24) is 4.98 Å². The molecule has 0 aliphatic carbocycles. The van der Waals surface area contributed by atoms with E-state index >= 15 is 0 Å². The summed E-state index contributed by atoms with van der Waals surface area (Å²) in [6, 6.07) is 0. The molecule has 4 heteroatoms. The molecule has 1 saturated heterocycles. The Hall–Kier alpha value is -0.120. The summed E-state index contributed by atoms with van der Waals surface area (Å²) in [5, 5.41) is 3.09. The molecule has 0 N–H and O–H groups in total. The Labute approximate surface area is 80.5 Å². The molecule has 0 bridgehead atoms. The summed E-state index contributed by atoms with van der Waals surface area (Å²) in [6.45, 7) is 0.875. The maximum absolute atomic E-state index is 5.65. The SMILES string of the molecule is ClCc1csc([C@H]2CCCO2)n1. The third-order valence-corrected chi connectivity index (χ3v) is 3.17. The molecule has 0 unspecified atom stereocenters. The molecular weight excluding hydrogens is 194 g/mol. The van der Waals surface area contributed by atoms with Crippen molar-refractivity contribution in [1.29, 1.82) is 0 Å². The van der Waals surface area contributed by atoms with Crippen LogP contribution in [0.2, 0.25) is 0 Å². The summed E-state index contributed by atoms with van der Waals surface area (Å²) >= 11 is 7.30. The summed E-state index contributed by atoms with van der Waals surface area (Å²) in [7, 11) is 0. The molecule has 1 aromatic rings.